The SMILES string of the molecule is CC(NC(=O)c1ccc(Br)c(N)c1)(C(=O)O)C1CC1. The van der Waals surface area contributed by atoms with E-state index in [4.69, 9.17) is 5.73 Å². The number of hydrogen-bond acceptors (Lipinski definition) is 3. The highest BCUT2D eigenvalue weighted by Gasteiger charge is 2.48. The lowest BCUT2D eigenvalue weighted by Crippen LogP contribution is -2.54. The minimum absolute atomic E-state index is 0.00162. The number of rotatable bonds is 4. The van der Waals surface area contributed by atoms with Gasteiger partial charge in [0.2, 0.25) is 0 Å². The standard InChI is InChI=1S/C13H15BrN2O3/c1-13(12(18)19,8-3-4-8)16-11(17)7-2-5-9(14)10(15)6-7/h2,5-6,8H,3-4,15H2,1H3,(H,16,17)(H,18,19). The fraction of sp³-hybridized carbons (Fsp3) is 0.385. The van der Waals surface area contributed by atoms with Crippen molar-refractivity contribution in [2.45, 2.75) is 25.3 Å². The first-order chi connectivity index (χ1) is 8.84. The molecule has 2 rings (SSSR count). The van der Waals surface area contributed by atoms with E-state index in [0.717, 1.165) is 12.8 Å². The molecule has 4 N–H and O–H groups in total. The molecular weight excluding hydrogens is 312 g/mol. The molecule has 1 unspecified atom stereocenters. The third-order valence-electron chi connectivity index (χ3n) is 3.47. The van der Waals surface area contributed by atoms with Gasteiger partial charge in [-0.25, -0.2) is 4.79 Å². The van der Waals surface area contributed by atoms with Crippen LogP contribution in [0.15, 0.2) is 22.7 Å². The number of halogens is 1. The minimum atomic E-state index is -1.21. The summed E-state index contributed by atoms with van der Waals surface area (Å²) in [5.41, 5.74) is 5.30. The van der Waals surface area contributed by atoms with E-state index in [1.165, 1.54) is 6.07 Å². The zero-order valence-electron chi connectivity index (χ0n) is 10.4. The van der Waals surface area contributed by atoms with Crippen LogP contribution in [0.1, 0.15) is 30.1 Å². The molecule has 102 valence electrons. The van der Waals surface area contributed by atoms with Crippen molar-refractivity contribution < 1.29 is 14.7 Å². The number of hydrogen-bond donors (Lipinski definition) is 3. The summed E-state index contributed by atoms with van der Waals surface area (Å²) in [6.45, 7) is 1.55. The molecule has 1 aliphatic rings. The summed E-state index contributed by atoms with van der Waals surface area (Å²) in [6, 6.07) is 4.79. The predicted molar refractivity (Wildman–Crippen MR) is 74.8 cm³/mol. The first kappa shape index (κ1) is 13.9. The van der Waals surface area contributed by atoms with Crippen LogP contribution in [0.4, 0.5) is 5.69 Å². The molecule has 5 nitrogen and oxygen atoms in total. The van der Waals surface area contributed by atoms with Gasteiger partial charge in [-0.1, -0.05) is 0 Å². The number of aliphatic carboxylic acids is 1. The van der Waals surface area contributed by atoms with Gasteiger partial charge in [0.25, 0.3) is 5.91 Å². The number of carbonyl (C=O) groups is 2. The van der Waals surface area contributed by atoms with Gasteiger partial charge >= 0.3 is 5.97 Å². The number of anilines is 1. The van der Waals surface area contributed by atoms with Crippen LogP contribution in [-0.2, 0) is 4.79 Å². The van der Waals surface area contributed by atoms with Crippen LogP contribution in [0.25, 0.3) is 0 Å². The van der Waals surface area contributed by atoms with E-state index in [-0.39, 0.29) is 5.92 Å². The van der Waals surface area contributed by atoms with E-state index >= 15 is 0 Å². The Bertz CT molecular complexity index is 543. The van der Waals surface area contributed by atoms with Crippen molar-refractivity contribution in [3.63, 3.8) is 0 Å². The monoisotopic (exact) mass is 326 g/mol. The number of carbonyl (C=O) groups excluding carboxylic acids is 1. The molecule has 1 atom stereocenters. The maximum absolute atomic E-state index is 12.1. The van der Waals surface area contributed by atoms with E-state index in [0.29, 0.717) is 15.7 Å². The van der Waals surface area contributed by atoms with Crippen molar-refractivity contribution in [2.75, 3.05) is 5.73 Å². The molecule has 0 heterocycles. The summed E-state index contributed by atoms with van der Waals surface area (Å²) in [5.74, 6) is -1.42. The molecule has 0 aliphatic heterocycles. The summed E-state index contributed by atoms with van der Waals surface area (Å²) in [6.07, 6.45) is 1.65. The summed E-state index contributed by atoms with van der Waals surface area (Å²) >= 11 is 3.25. The van der Waals surface area contributed by atoms with Gasteiger partial charge in [0.1, 0.15) is 5.54 Å². The molecule has 19 heavy (non-hydrogen) atoms. The molecule has 0 aromatic heterocycles. The second-order valence-corrected chi connectivity index (χ2v) is 5.83. The molecule has 0 saturated heterocycles. The highest BCUT2D eigenvalue weighted by molar-refractivity contribution is 9.10. The number of nitrogens with one attached hydrogen (secondary N) is 1. The molecule has 1 amide bonds. The van der Waals surface area contributed by atoms with Gasteiger partial charge in [-0.05, 0) is 59.8 Å². The first-order valence-corrected chi connectivity index (χ1v) is 6.75. The lowest BCUT2D eigenvalue weighted by molar-refractivity contribution is -0.144. The fourth-order valence-corrected chi connectivity index (χ4v) is 2.23. The van der Waals surface area contributed by atoms with Gasteiger partial charge < -0.3 is 16.2 Å². The highest BCUT2D eigenvalue weighted by atomic mass is 79.9. The second-order valence-electron chi connectivity index (χ2n) is 4.97. The lowest BCUT2D eigenvalue weighted by Gasteiger charge is -2.26. The fourth-order valence-electron chi connectivity index (χ4n) is 1.98. The average molecular weight is 327 g/mol. The van der Waals surface area contributed by atoms with Crippen LogP contribution in [0.5, 0.6) is 0 Å². The number of nitrogen functional groups attached to an aromatic ring is 1. The summed E-state index contributed by atoms with van der Waals surface area (Å²) in [4.78, 5) is 23.5. The molecule has 1 aliphatic carbocycles. The van der Waals surface area contributed by atoms with E-state index in [1.807, 2.05) is 0 Å². The van der Waals surface area contributed by atoms with E-state index < -0.39 is 17.4 Å². The number of carboxylic acids is 1. The van der Waals surface area contributed by atoms with Crippen molar-refractivity contribution in [1.82, 2.24) is 5.32 Å². The first-order valence-electron chi connectivity index (χ1n) is 5.95. The Balaban J connectivity index is 2.20. The molecule has 6 heteroatoms. The van der Waals surface area contributed by atoms with Gasteiger partial charge in [0, 0.05) is 15.7 Å². The third kappa shape index (κ3) is 2.73. The van der Waals surface area contributed by atoms with E-state index in [2.05, 4.69) is 21.2 Å². The minimum Gasteiger partial charge on any atom is -0.480 e. The lowest BCUT2D eigenvalue weighted by atomic mass is 9.95. The van der Waals surface area contributed by atoms with Gasteiger partial charge in [-0.3, -0.25) is 4.79 Å². The van der Waals surface area contributed by atoms with Crippen molar-refractivity contribution in [1.29, 1.82) is 0 Å². The normalized spacial score (nSPS) is 17.6. The van der Waals surface area contributed by atoms with Crippen molar-refractivity contribution in [2.24, 2.45) is 5.92 Å². The van der Waals surface area contributed by atoms with E-state index in [9.17, 15) is 14.7 Å². The predicted octanol–water partition coefficient (Wildman–Crippen LogP) is 2.01. The Kier molecular flexibility index (Phi) is 3.54. The number of carboxylic acid groups (broad SMARTS) is 1. The molecule has 0 radical (unpaired) electrons. The molecule has 1 aromatic rings. The second kappa shape index (κ2) is 4.85. The summed E-state index contributed by atoms with van der Waals surface area (Å²) in [5, 5.41) is 11.9. The van der Waals surface area contributed by atoms with Crippen LogP contribution in [0, 0.1) is 5.92 Å². The summed E-state index contributed by atoms with van der Waals surface area (Å²) < 4.78 is 0.701. The van der Waals surface area contributed by atoms with Crippen molar-refractivity contribution in [3.8, 4) is 0 Å². The molecule has 1 aromatic carbocycles. The topological polar surface area (TPSA) is 92.4 Å². The van der Waals surface area contributed by atoms with Gasteiger partial charge in [0.05, 0.1) is 0 Å². The molecule has 0 spiro atoms. The van der Waals surface area contributed by atoms with Crippen LogP contribution in [-0.4, -0.2) is 22.5 Å². The van der Waals surface area contributed by atoms with Gasteiger partial charge in [-0.2, -0.15) is 0 Å². The zero-order chi connectivity index (χ0) is 14.2. The largest absolute Gasteiger partial charge is 0.480 e. The maximum Gasteiger partial charge on any atom is 0.329 e. The number of amides is 1. The Morgan fingerprint density at radius 1 is 1.47 bits per heavy atom. The van der Waals surface area contributed by atoms with Crippen LogP contribution >= 0.6 is 15.9 Å². The van der Waals surface area contributed by atoms with Crippen LogP contribution in [0.3, 0.4) is 0 Å². The Hall–Kier alpha value is -1.56. The van der Waals surface area contributed by atoms with Gasteiger partial charge in [-0.15, -0.1) is 0 Å². The quantitative estimate of drug-likeness (QED) is 0.738. The molecular formula is C13H15BrN2O3. The Morgan fingerprint density at radius 2 is 2.11 bits per heavy atom. The summed E-state index contributed by atoms with van der Waals surface area (Å²) in [7, 11) is 0. The Labute approximate surface area is 119 Å². The number of nitrogens with two attached hydrogens (primary N) is 1. The Morgan fingerprint density at radius 3 is 2.58 bits per heavy atom. The van der Waals surface area contributed by atoms with Crippen LogP contribution in [0.2, 0.25) is 0 Å². The molecule has 0 bridgehead atoms. The average Bonchev–Trinajstić information content (AvgIpc) is 3.16. The van der Waals surface area contributed by atoms with Gasteiger partial charge in [0.15, 0.2) is 0 Å². The zero-order valence-corrected chi connectivity index (χ0v) is 12.0. The van der Waals surface area contributed by atoms with Crippen molar-refractivity contribution in [3.05, 3.63) is 28.2 Å². The maximum atomic E-state index is 12.1. The molecule has 1 fully saturated rings. The third-order valence-corrected chi connectivity index (χ3v) is 4.19. The van der Waals surface area contributed by atoms with E-state index in [1.54, 1.807) is 19.1 Å². The smallest absolute Gasteiger partial charge is 0.329 e. The van der Waals surface area contributed by atoms with Crippen molar-refractivity contribution >= 4 is 33.5 Å². The van der Waals surface area contributed by atoms with Crippen LogP contribution < -0.4 is 11.1 Å². The molecule has 1 saturated carbocycles. The number of benzene rings is 1. The highest BCUT2D eigenvalue weighted by Crippen LogP contribution is 2.39.